The van der Waals surface area contributed by atoms with E-state index in [1.807, 2.05) is 11.9 Å². The highest BCUT2D eigenvalue weighted by atomic mass is 19.1. The molecule has 6 nitrogen and oxygen atoms in total. The number of aryl methyl sites for hydroxylation is 1. The van der Waals surface area contributed by atoms with E-state index in [0.29, 0.717) is 26.2 Å². The molecule has 1 aromatic carbocycles. The van der Waals surface area contributed by atoms with Crippen molar-refractivity contribution < 1.29 is 22.7 Å². The van der Waals surface area contributed by atoms with Crippen LogP contribution in [-0.4, -0.2) is 61.9 Å². The number of rotatable bonds is 5. The molecule has 28 heavy (non-hydrogen) atoms. The minimum Gasteiger partial charge on any atom is -0.462 e. The zero-order valence-corrected chi connectivity index (χ0v) is 15.8. The first-order chi connectivity index (χ1) is 13.4. The van der Waals surface area contributed by atoms with Crippen LogP contribution in [0.4, 0.5) is 18.9 Å². The Morgan fingerprint density at radius 1 is 1.21 bits per heavy atom. The molecule has 0 spiro atoms. The first-order valence-electron chi connectivity index (χ1n) is 9.10. The molecule has 1 saturated heterocycles. The summed E-state index contributed by atoms with van der Waals surface area (Å²) in [6.07, 6.45) is 1.08. The first-order valence-corrected chi connectivity index (χ1v) is 9.10. The molecular weight excluding hydrogens is 375 g/mol. The summed E-state index contributed by atoms with van der Waals surface area (Å²) < 4.78 is 49.2. The molecule has 152 valence electrons. The number of hydrogen-bond acceptors (Lipinski definition) is 5. The molecule has 0 N–H and O–H groups in total. The zero-order chi connectivity index (χ0) is 20.4. The number of pyridine rings is 1. The SMILES string of the molecule is CCOC(=O)c1cn(CCF)c2c(F)c(N3CCN(C)CC3)c(F)cc2c1=O. The van der Waals surface area contributed by atoms with Crippen LogP contribution in [0, 0.1) is 11.6 Å². The molecule has 0 saturated carbocycles. The standard InChI is InChI=1S/C19H22F3N3O3/c1-3-28-19(27)13-11-25(5-4-20)16-12(18(13)26)10-14(21)17(15(16)22)24-8-6-23(2)7-9-24/h10-11H,3-9H2,1-2H3. The third-order valence-corrected chi connectivity index (χ3v) is 4.87. The average Bonchev–Trinajstić information content (AvgIpc) is 2.65. The number of ether oxygens (including phenoxy) is 1. The number of likely N-dealkylation sites (N-methyl/N-ethyl adjacent to an activating group) is 1. The van der Waals surface area contributed by atoms with Crippen LogP contribution in [0.25, 0.3) is 10.9 Å². The Hall–Kier alpha value is -2.55. The van der Waals surface area contributed by atoms with Crippen molar-refractivity contribution in [2.45, 2.75) is 13.5 Å². The van der Waals surface area contributed by atoms with Gasteiger partial charge in [-0.15, -0.1) is 0 Å². The lowest BCUT2D eigenvalue weighted by atomic mass is 10.1. The third-order valence-electron chi connectivity index (χ3n) is 4.87. The van der Waals surface area contributed by atoms with E-state index in [9.17, 15) is 18.4 Å². The normalized spacial score (nSPS) is 15.2. The van der Waals surface area contributed by atoms with Crippen LogP contribution in [0.15, 0.2) is 17.1 Å². The minimum atomic E-state index is -0.930. The molecule has 2 aromatic rings. The van der Waals surface area contributed by atoms with E-state index < -0.39 is 29.7 Å². The van der Waals surface area contributed by atoms with Gasteiger partial charge in [0.05, 0.1) is 24.1 Å². The first kappa shape index (κ1) is 20.2. The minimum absolute atomic E-state index is 0.0322. The molecule has 0 unspecified atom stereocenters. The smallest absolute Gasteiger partial charge is 0.343 e. The van der Waals surface area contributed by atoms with Crippen molar-refractivity contribution in [2.24, 2.45) is 0 Å². The van der Waals surface area contributed by atoms with Crippen molar-refractivity contribution in [1.29, 1.82) is 0 Å². The lowest BCUT2D eigenvalue weighted by molar-refractivity contribution is 0.0524. The number of alkyl halides is 1. The summed E-state index contributed by atoms with van der Waals surface area (Å²) in [5, 5.41) is -0.313. The number of carbonyl (C=O) groups excluding carboxylic acids is 1. The molecule has 2 heterocycles. The van der Waals surface area contributed by atoms with Gasteiger partial charge in [-0.3, -0.25) is 4.79 Å². The van der Waals surface area contributed by atoms with Gasteiger partial charge in [0, 0.05) is 32.4 Å². The number of halogens is 3. The van der Waals surface area contributed by atoms with E-state index in [1.165, 1.54) is 0 Å². The van der Waals surface area contributed by atoms with Crippen molar-refractivity contribution in [3.8, 4) is 0 Å². The molecule has 0 atom stereocenters. The van der Waals surface area contributed by atoms with Crippen molar-refractivity contribution in [2.75, 3.05) is 51.4 Å². The Balaban J connectivity index is 2.23. The molecule has 1 fully saturated rings. The highest BCUT2D eigenvalue weighted by molar-refractivity contribution is 5.94. The molecule has 1 aliphatic rings. The van der Waals surface area contributed by atoms with Crippen LogP contribution in [0.1, 0.15) is 17.3 Å². The molecule has 9 heteroatoms. The predicted octanol–water partition coefficient (Wildman–Crippen LogP) is 2.18. The molecule has 0 aliphatic carbocycles. The van der Waals surface area contributed by atoms with E-state index in [1.54, 1.807) is 11.8 Å². The molecule has 3 rings (SSSR count). The van der Waals surface area contributed by atoms with Crippen molar-refractivity contribution >= 4 is 22.6 Å². The number of carbonyl (C=O) groups is 1. The largest absolute Gasteiger partial charge is 0.462 e. The fourth-order valence-corrected chi connectivity index (χ4v) is 3.42. The van der Waals surface area contributed by atoms with Crippen molar-refractivity contribution in [3.63, 3.8) is 0 Å². The number of piperazine rings is 1. The van der Waals surface area contributed by atoms with Crippen LogP contribution in [-0.2, 0) is 11.3 Å². The summed E-state index contributed by atoms with van der Waals surface area (Å²) in [5.41, 5.74) is -1.68. The summed E-state index contributed by atoms with van der Waals surface area (Å²) in [6.45, 7) is 2.58. The Labute approximate surface area is 160 Å². The molecule has 1 aliphatic heterocycles. The summed E-state index contributed by atoms with van der Waals surface area (Å²) in [4.78, 5) is 28.3. The predicted molar refractivity (Wildman–Crippen MR) is 99.8 cm³/mol. The van der Waals surface area contributed by atoms with Gasteiger partial charge in [0.15, 0.2) is 5.82 Å². The molecular formula is C19H22F3N3O3. The lowest BCUT2D eigenvalue weighted by Crippen LogP contribution is -2.45. The molecule has 0 radical (unpaired) electrons. The maximum atomic E-state index is 15.4. The van der Waals surface area contributed by atoms with Crippen LogP contribution >= 0.6 is 0 Å². The number of esters is 1. The lowest BCUT2D eigenvalue weighted by Gasteiger charge is -2.34. The van der Waals surface area contributed by atoms with Crippen LogP contribution in [0.5, 0.6) is 0 Å². The van der Waals surface area contributed by atoms with Gasteiger partial charge in [-0.25, -0.2) is 18.0 Å². The maximum absolute atomic E-state index is 15.4. The van der Waals surface area contributed by atoms with Crippen molar-refractivity contribution in [1.82, 2.24) is 9.47 Å². The van der Waals surface area contributed by atoms with E-state index in [-0.39, 0.29) is 35.3 Å². The summed E-state index contributed by atoms with van der Waals surface area (Å²) >= 11 is 0. The van der Waals surface area contributed by atoms with Crippen LogP contribution < -0.4 is 10.3 Å². The number of anilines is 1. The van der Waals surface area contributed by atoms with Gasteiger partial charge in [0.1, 0.15) is 23.7 Å². The fraction of sp³-hybridized carbons (Fsp3) is 0.474. The van der Waals surface area contributed by atoms with E-state index in [4.69, 9.17) is 4.74 Å². The van der Waals surface area contributed by atoms with Gasteiger partial charge in [0.25, 0.3) is 0 Å². The topological polar surface area (TPSA) is 54.8 Å². The monoisotopic (exact) mass is 397 g/mol. The number of fused-ring (bicyclic) bond motifs is 1. The van der Waals surface area contributed by atoms with E-state index in [2.05, 4.69) is 0 Å². The van der Waals surface area contributed by atoms with Gasteiger partial charge in [-0.2, -0.15) is 0 Å². The number of benzene rings is 1. The highest BCUT2D eigenvalue weighted by Gasteiger charge is 2.26. The van der Waals surface area contributed by atoms with Crippen LogP contribution in [0.3, 0.4) is 0 Å². The molecule has 0 bridgehead atoms. The second-order valence-electron chi connectivity index (χ2n) is 6.68. The second-order valence-corrected chi connectivity index (χ2v) is 6.68. The highest BCUT2D eigenvalue weighted by Crippen LogP contribution is 2.30. The quantitative estimate of drug-likeness (QED) is 0.724. The third kappa shape index (κ3) is 3.58. The Bertz CT molecular complexity index is 953. The van der Waals surface area contributed by atoms with Crippen LogP contribution in [0.2, 0.25) is 0 Å². The Morgan fingerprint density at radius 2 is 1.89 bits per heavy atom. The van der Waals surface area contributed by atoms with Gasteiger partial charge in [-0.05, 0) is 20.0 Å². The summed E-state index contributed by atoms with van der Waals surface area (Å²) in [5.74, 6) is -2.73. The van der Waals surface area contributed by atoms with Gasteiger partial charge >= 0.3 is 5.97 Å². The van der Waals surface area contributed by atoms with E-state index in [0.717, 1.165) is 16.8 Å². The second kappa shape index (κ2) is 8.22. The number of nitrogens with zero attached hydrogens (tertiary/aromatic N) is 3. The zero-order valence-electron chi connectivity index (χ0n) is 15.8. The average molecular weight is 397 g/mol. The van der Waals surface area contributed by atoms with Crippen molar-refractivity contribution in [3.05, 3.63) is 39.7 Å². The maximum Gasteiger partial charge on any atom is 0.343 e. The molecule has 1 aromatic heterocycles. The van der Waals surface area contributed by atoms with E-state index >= 15 is 4.39 Å². The fourth-order valence-electron chi connectivity index (χ4n) is 3.42. The number of hydrogen-bond donors (Lipinski definition) is 0. The van der Waals surface area contributed by atoms with Gasteiger partial charge < -0.3 is 19.1 Å². The summed E-state index contributed by atoms with van der Waals surface area (Å²) in [6, 6.07) is 0.922. The number of aromatic nitrogens is 1. The Morgan fingerprint density at radius 3 is 2.50 bits per heavy atom. The molecule has 0 amide bonds. The Kier molecular flexibility index (Phi) is 5.93. The van der Waals surface area contributed by atoms with Gasteiger partial charge in [0.2, 0.25) is 5.43 Å². The van der Waals surface area contributed by atoms with Gasteiger partial charge in [-0.1, -0.05) is 0 Å². The summed E-state index contributed by atoms with van der Waals surface area (Å²) in [7, 11) is 1.92.